The molecule has 0 aromatic rings. The molecule has 0 spiro atoms. The molecule has 3 aliphatic rings. The van der Waals surface area contributed by atoms with Gasteiger partial charge in [0.15, 0.2) is 12.4 Å². The molecule has 1 aliphatic heterocycles. The number of aliphatic hydroxyl groups is 2. The van der Waals surface area contributed by atoms with Crippen LogP contribution in [0.3, 0.4) is 0 Å². The highest BCUT2D eigenvalue weighted by atomic mass is 16.7. The Bertz CT molecular complexity index is 1710. The fourth-order valence-corrected chi connectivity index (χ4v) is 9.39. The van der Waals surface area contributed by atoms with Crippen molar-refractivity contribution in [3.05, 3.63) is 34.9 Å². The number of ketones is 1. The standard InChI is InChI=1S/C46H70O15/c1-25(14-17-33(56-29(5)48)22-27(3)35(57-30(6)49)23-34-26(2)16-19-38(52)44(34,9)10)15-18-37-45(11,12)39(20-21-46(37,13)61-32(8)51)60-43-41(54)42(58-31(7)50)40(53)36(59-43)24-55-28(4)47/h14,16,22,33-37,39-43,53-54H,15,17-21,23-24H2,1-13H3/b25-14+,27-22+. The zero-order chi connectivity index (χ0) is 46.2. The van der Waals surface area contributed by atoms with Gasteiger partial charge in [0.05, 0.1) is 6.10 Å². The molecule has 3 rings (SSSR count). The summed E-state index contributed by atoms with van der Waals surface area (Å²) < 4.78 is 40.3. The van der Waals surface area contributed by atoms with Crippen LogP contribution in [0.25, 0.3) is 0 Å². The largest absolute Gasteiger partial charge is 0.463 e. The Morgan fingerprint density at radius 2 is 1.52 bits per heavy atom. The summed E-state index contributed by atoms with van der Waals surface area (Å²) in [5.41, 5.74) is 0.485. The lowest BCUT2D eigenvalue weighted by Gasteiger charge is -2.54. The van der Waals surface area contributed by atoms with E-state index in [1.165, 1.54) is 27.7 Å². The van der Waals surface area contributed by atoms with Crippen molar-refractivity contribution in [2.45, 2.75) is 190 Å². The van der Waals surface area contributed by atoms with Crippen LogP contribution in [-0.2, 0) is 61.9 Å². The number of Topliss-reactive ketones (excluding diaryl/α,β-unsaturated/α-hetero) is 1. The molecule has 0 aromatic carbocycles. The van der Waals surface area contributed by atoms with Gasteiger partial charge >= 0.3 is 29.8 Å². The van der Waals surface area contributed by atoms with Crippen LogP contribution in [0.15, 0.2) is 34.9 Å². The summed E-state index contributed by atoms with van der Waals surface area (Å²) in [5.74, 6) is -3.05. The third kappa shape index (κ3) is 13.8. The summed E-state index contributed by atoms with van der Waals surface area (Å²) >= 11 is 0. The first-order chi connectivity index (χ1) is 28.2. The van der Waals surface area contributed by atoms with Crippen molar-refractivity contribution in [3.63, 3.8) is 0 Å². The highest BCUT2D eigenvalue weighted by molar-refractivity contribution is 5.87. The topological polar surface area (TPSA) is 207 Å². The number of esters is 5. The van der Waals surface area contributed by atoms with Crippen LogP contribution in [0.4, 0.5) is 0 Å². The number of hydrogen-bond donors (Lipinski definition) is 2. The van der Waals surface area contributed by atoms with Crippen LogP contribution in [0.5, 0.6) is 0 Å². The Balaban J connectivity index is 1.86. The normalized spacial score (nSPS) is 31.2. The molecule has 15 nitrogen and oxygen atoms in total. The number of carbonyl (C=O) groups excluding carboxylic acids is 6. The highest BCUT2D eigenvalue weighted by Crippen LogP contribution is 2.52. The quantitative estimate of drug-likeness (QED) is 0.0985. The molecule has 0 bridgehead atoms. The molecular formula is C46H70O15. The van der Waals surface area contributed by atoms with Crippen LogP contribution >= 0.6 is 0 Å². The maximum absolute atomic E-state index is 12.9. The number of allylic oxidation sites excluding steroid dienone is 3. The van der Waals surface area contributed by atoms with Crippen molar-refractivity contribution in [1.29, 1.82) is 0 Å². The first-order valence-electron chi connectivity index (χ1n) is 21.2. The molecule has 2 fully saturated rings. The Morgan fingerprint density at radius 1 is 0.885 bits per heavy atom. The maximum Gasteiger partial charge on any atom is 0.303 e. The SMILES string of the molecule is CC(=O)OCC1OC(OC2CCC(C)(OC(C)=O)C(CC/C(C)=C/CC(/C=C(\C)C(CC3C(C)=CCC(=O)C3(C)C)OC(C)=O)OC(C)=O)C2(C)C)C(O)C(OC(C)=O)C1O. The zero-order valence-corrected chi connectivity index (χ0v) is 38.4. The Kier molecular flexibility index (Phi) is 18.1. The van der Waals surface area contributed by atoms with Gasteiger partial charge < -0.3 is 43.4 Å². The minimum Gasteiger partial charge on any atom is -0.463 e. The van der Waals surface area contributed by atoms with E-state index in [-0.39, 0.29) is 24.2 Å². The predicted molar refractivity (Wildman–Crippen MR) is 222 cm³/mol. The predicted octanol–water partition coefficient (Wildman–Crippen LogP) is 5.95. The number of rotatable bonds is 17. The van der Waals surface area contributed by atoms with Gasteiger partial charge in [-0.2, -0.15) is 0 Å². The monoisotopic (exact) mass is 862 g/mol. The summed E-state index contributed by atoms with van der Waals surface area (Å²) in [5, 5.41) is 22.2. The second-order valence-corrected chi connectivity index (χ2v) is 18.4. The maximum atomic E-state index is 12.9. The smallest absolute Gasteiger partial charge is 0.303 e. The molecule has 11 unspecified atom stereocenters. The minimum absolute atomic E-state index is 0.121. The minimum atomic E-state index is -1.58. The van der Waals surface area contributed by atoms with Crippen LogP contribution < -0.4 is 0 Å². The Hall–Kier alpha value is -3.92. The van der Waals surface area contributed by atoms with Gasteiger partial charge in [0, 0.05) is 58.8 Å². The molecule has 1 heterocycles. The number of ether oxygens (including phenoxy) is 7. The average Bonchev–Trinajstić information content (AvgIpc) is 3.12. The number of carbonyl (C=O) groups is 6. The van der Waals surface area contributed by atoms with Crippen molar-refractivity contribution in [1.82, 2.24) is 0 Å². The molecule has 0 radical (unpaired) electrons. The first-order valence-corrected chi connectivity index (χ1v) is 21.2. The van der Waals surface area contributed by atoms with E-state index in [1.807, 2.05) is 67.5 Å². The molecule has 15 heteroatoms. The van der Waals surface area contributed by atoms with Gasteiger partial charge in [-0.3, -0.25) is 28.8 Å². The fourth-order valence-electron chi connectivity index (χ4n) is 9.39. The Labute approximate surface area is 360 Å². The number of aliphatic hydroxyl groups excluding tert-OH is 2. The van der Waals surface area contributed by atoms with Crippen molar-refractivity contribution in [2.24, 2.45) is 22.7 Å². The highest BCUT2D eigenvalue weighted by Gasteiger charge is 2.56. The van der Waals surface area contributed by atoms with Crippen LogP contribution in [-0.4, -0.2) is 107 Å². The summed E-state index contributed by atoms with van der Waals surface area (Å²) in [4.78, 5) is 73.4. The van der Waals surface area contributed by atoms with Crippen molar-refractivity contribution < 1.29 is 72.1 Å². The van der Waals surface area contributed by atoms with Gasteiger partial charge in [-0.25, -0.2) is 0 Å². The molecule has 1 saturated heterocycles. The summed E-state index contributed by atoms with van der Waals surface area (Å²) in [6, 6.07) is 0. The first kappa shape index (κ1) is 51.4. The van der Waals surface area contributed by atoms with Gasteiger partial charge in [0.1, 0.15) is 48.5 Å². The molecule has 0 amide bonds. The molecular weight excluding hydrogens is 792 g/mol. The van der Waals surface area contributed by atoms with E-state index >= 15 is 0 Å². The van der Waals surface area contributed by atoms with Crippen molar-refractivity contribution in [3.8, 4) is 0 Å². The van der Waals surface area contributed by atoms with Crippen LogP contribution in [0.2, 0.25) is 0 Å². The van der Waals surface area contributed by atoms with Gasteiger partial charge in [-0.1, -0.05) is 51.0 Å². The molecule has 2 aliphatic carbocycles. The second-order valence-electron chi connectivity index (χ2n) is 18.4. The third-order valence-corrected chi connectivity index (χ3v) is 12.7. The molecule has 1 saturated carbocycles. The molecule has 344 valence electrons. The lowest BCUT2D eigenvalue weighted by Crippen LogP contribution is -2.63. The van der Waals surface area contributed by atoms with E-state index in [0.29, 0.717) is 50.5 Å². The summed E-state index contributed by atoms with van der Waals surface area (Å²) in [6.45, 7) is 21.5. The van der Waals surface area contributed by atoms with E-state index in [2.05, 4.69) is 0 Å². The fraction of sp³-hybridized carbons (Fsp3) is 0.739. The van der Waals surface area contributed by atoms with Crippen LogP contribution in [0, 0.1) is 22.7 Å². The lowest BCUT2D eigenvalue weighted by molar-refractivity contribution is -0.329. The Morgan fingerprint density at radius 3 is 2.10 bits per heavy atom. The summed E-state index contributed by atoms with van der Waals surface area (Å²) in [7, 11) is 0. The zero-order valence-electron chi connectivity index (χ0n) is 38.4. The number of hydrogen-bond acceptors (Lipinski definition) is 15. The molecule has 0 aromatic heterocycles. The van der Waals surface area contributed by atoms with Crippen molar-refractivity contribution in [2.75, 3.05) is 6.61 Å². The van der Waals surface area contributed by atoms with Gasteiger partial charge in [-0.05, 0) is 82.8 Å². The molecule has 2 N–H and O–H groups in total. The third-order valence-electron chi connectivity index (χ3n) is 12.7. The van der Waals surface area contributed by atoms with Gasteiger partial charge in [0.2, 0.25) is 0 Å². The van der Waals surface area contributed by atoms with E-state index in [1.54, 1.807) is 6.08 Å². The average molecular weight is 863 g/mol. The molecule has 61 heavy (non-hydrogen) atoms. The summed E-state index contributed by atoms with van der Waals surface area (Å²) in [6.07, 6.45) is -0.244. The van der Waals surface area contributed by atoms with Crippen LogP contribution in [0.1, 0.15) is 135 Å². The second kappa shape index (κ2) is 21.4. The van der Waals surface area contributed by atoms with E-state index < -0.39 is 95.3 Å². The van der Waals surface area contributed by atoms with E-state index in [4.69, 9.17) is 33.2 Å². The lowest BCUT2D eigenvalue weighted by atomic mass is 9.58. The van der Waals surface area contributed by atoms with Crippen molar-refractivity contribution >= 4 is 35.6 Å². The van der Waals surface area contributed by atoms with E-state index in [0.717, 1.165) is 18.1 Å². The van der Waals surface area contributed by atoms with Gasteiger partial charge in [0.25, 0.3) is 0 Å². The van der Waals surface area contributed by atoms with Gasteiger partial charge in [-0.15, -0.1) is 0 Å². The van der Waals surface area contributed by atoms with E-state index in [9.17, 15) is 39.0 Å². The molecule has 11 atom stereocenters.